The maximum Gasteiger partial charge on any atom is 0.225 e. The lowest BCUT2D eigenvalue weighted by Gasteiger charge is -2.42. The summed E-state index contributed by atoms with van der Waals surface area (Å²) >= 11 is 0. The van der Waals surface area contributed by atoms with Gasteiger partial charge in [0.15, 0.2) is 0 Å². The Morgan fingerprint density at radius 1 is 0.800 bits per heavy atom. The molecular formula is C25H37N3O2. The van der Waals surface area contributed by atoms with Crippen molar-refractivity contribution in [3.05, 3.63) is 35.9 Å². The third-order valence-electron chi connectivity index (χ3n) is 7.46. The fourth-order valence-electron chi connectivity index (χ4n) is 5.52. The second kappa shape index (κ2) is 10.4. The highest BCUT2D eigenvalue weighted by molar-refractivity contribution is 5.79. The van der Waals surface area contributed by atoms with Crippen molar-refractivity contribution < 1.29 is 9.59 Å². The molecule has 1 saturated carbocycles. The average Bonchev–Trinajstić information content (AvgIpc) is 2.83. The molecule has 2 aliphatic heterocycles. The van der Waals surface area contributed by atoms with Crippen molar-refractivity contribution in [1.82, 2.24) is 15.1 Å². The number of carbonyl (C=O) groups is 2. The minimum atomic E-state index is 0.137. The van der Waals surface area contributed by atoms with Gasteiger partial charge in [0.25, 0.3) is 0 Å². The van der Waals surface area contributed by atoms with E-state index >= 15 is 0 Å². The van der Waals surface area contributed by atoms with E-state index in [-0.39, 0.29) is 11.8 Å². The van der Waals surface area contributed by atoms with Gasteiger partial charge < -0.3 is 15.1 Å². The topological polar surface area (TPSA) is 52.7 Å². The van der Waals surface area contributed by atoms with Crippen molar-refractivity contribution in [2.45, 2.75) is 70.4 Å². The number of hydrogen-bond acceptors (Lipinski definition) is 3. The van der Waals surface area contributed by atoms with Crippen LogP contribution in [0.2, 0.25) is 0 Å². The zero-order valence-corrected chi connectivity index (χ0v) is 18.2. The summed E-state index contributed by atoms with van der Waals surface area (Å²) in [4.78, 5) is 30.0. The van der Waals surface area contributed by atoms with Gasteiger partial charge in [-0.05, 0) is 57.2 Å². The first-order valence-electron chi connectivity index (χ1n) is 12.0. The lowest BCUT2D eigenvalue weighted by molar-refractivity contribution is -0.138. The zero-order valence-electron chi connectivity index (χ0n) is 18.2. The van der Waals surface area contributed by atoms with Crippen molar-refractivity contribution in [2.75, 3.05) is 26.2 Å². The highest BCUT2D eigenvalue weighted by Crippen LogP contribution is 2.28. The van der Waals surface area contributed by atoms with Gasteiger partial charge in [-0.1, -0.05) is 49.6 Å². The van der Waals surface area contributed by atoms with Crippen LogP contribution < -0.4 is 5.32 Å². The van der Waals surface area contributed by atoms with Gasteiger partial charge in [0.05, 0.1) is 0 Å². The molecule has 0 unspecified atom stereocenters. The number of nitrogens with zero attached hydrogens (tertiary/aromatic N) is 2. The lowest BCUT2D eigenvalue weighted by atomic mass is 9.87. The summed E-state index contributed by atoms with van der Waals surface area (Å²) in [6.07, 6.45) is 10.0. The second-order valence-corrected chi connectivity index (χ2v) is 9.41. The SMILES string of the molecule is O=C(NCc1ccccc1)C1CCN(C2CCN(C(=O)C3CCCCC3)CC2)CC1. The molecule has 4 rings (SSSR count). The quantitative estimate of drug-likeness (QED) is 0.806. The molecule has 3 aliphatic rings. The molecule has 3 fully saturated rings. The van der Waals surface area contributed by atoms with Crippen LogP contribution in [0.15, 0.2) is 30.3 Å². The molecule has 2 saturated heterocycles. The van der Waals surface area contributed by atoms with Crippen molar-refractivity contribution in [3.8, 4) is 0 Å². The highest BCUT2D eigenvalue weighted by atomic mass is 16.2. The summed E-state index contributed by atoms with van der Waals surface area (Å²) in [6, 6.07) is 10.7. The molecule has 164 valence electrons. The van der Waals surface area contributed by atoms with E-state index in [0.29, 0.717) is 24.4 Å². The van der Waals surface area contributed by atoms with Gasteiger partial charge >= 0.3 is 0 Å². The monoisotopic (exact) mass is 411 g/mol. The van der Waals surface area contributed by atoms with Gasteiger partial charge in [-0.25, -0.2) is 0 Å². The molecule has 5 nitrogen and oxygen atoms in total. The number of carbonyl (C=O) groups excluding carboxylic acids is 2. The van der Waals surface area contributed by atoms with Crippen LogP contribution in [-0.4, -0.2) is 53.8 Å². The van der Waals surface area contributed by atoms with Crippen LogP contribution in [0.3, 0.4) is 0 Å². The first kappa shape index (κ1) is 21.4. The van der Waals surface area contributed by atoms with E-state index in [1.165, 1.54) is 19.3 Å². The molecule has 1 aliphatic carbocycles. The maximum absolute atomic E-state index is 12.8. The Hall–Kier alpha value is -1.88. The van der Waals surface area contributed by atoms with E-state index in [2.05, 4.69) is 15.1 Å². The Bertz CT molecular complexity index is 686. The molecule has 0 atom stereocenters. The second-order valence-electron chi connectivity index (χ2n) is 9.41. The third kappa shape index (κ3) is 5.42. The average molecular weight is 412 g/mol. The molecule has 0 radical (unpaired) electrons. The van der Waals surface area contributed by atoms with Crippen LogP contribution in [0.4, 0.5) is 0 Å². The van der Waals surface area contributed by atoms with E-state index in [4.69, 9.17) is 0 Å². The third-order valence-corrected chi connectivity index (χ3v) is 7.46. The van der Waals surface area contributed by atoms with Gasteiger partial charge in [0.2, 0.25) is 11.8 Å². The normalized spacial score (nSPS) is 22.7. The molecule has 0 spiro atoms. The summed E-state index contributed by atoms with van der Waals surface area (Å²) in [6.45, 7) is 4.46. The van der Waals surface area contributed by atoms with Gasteiger partial charge in [-0.15, -0.1) is 0 Å². The first-order valence-corrected chi connectivity index (χ1v) is 12.0. The molecule has 2 heterocycles. The summed E-state index contributed by atoms with van der Waals surface area (Å²) in [5, 5.41) is 3.11. The van der Waals surface area contributed by atoms with E-state index in [1.807, 2.05) is 30.3 Å². The number of rotatable bonds is 5. The Morgan fingerprint density at radius 2 is 1.47 bits per heavy atom. The molecule has 2 amide bonds. The van der Waals surface area contributed by atoms with Crippen LogP contribution in [-0.2, 0) is 16.1 Å². The van der Waals surface area contributed by atoms with E-state index in [9.17, 15) is 9.59 Å². The lowest BCUT2D eigenvalue weighted by Crippen LogP contribution is -2.51. The number of piperidine rings is 2. The minimum absolute atomic E-state index is 0.137. The van der Waals surface area contributed by atoms with Crippen LogP contribution in [0, 0.1) is 11.8 Å². The number of likely N-dealkylation sites (tertiary alicyclic amines) is 2. The first-order chi connectivity index (χ1) is 14.7. The van der Waals surface area contributed by atoms with Gasteiger partial charge in [0, 0.05) is 37.5 Å². The predicted octanol–water partition coefficient (Wildman–Crippen LogP) is 3.59. The molecular weight excluding hydrogens is 374 g/mol. The fourth-order valence-corrected chi connectivity index (χ4v) is 5.52. The van der Waals surface area contributed by atoms with Crippen LogP contribution in [0.25, 0.3) is 0 Å². The standard InChI is InChI=1S/C25H37N3O2/c29-24(26-19-20-7-3-1-4-8-20)21-11-15-27(16-12-21)23-13-17-28(18-14-23)25(30)22-9-5-2-6-10-22/h1,3-4,7-8,21-23H,2,5-6,9-19H2,(H,26,29). The van der Waals surface area contributed by atoms with Crippen molar-refractivity contribution in [3.63, 3.8) is 0 Å². The number of nitrogens with one attached hydrogen (secondary N) is 1. The predicted molar refractivity (Wildman–Crippen MR) is 119 cm³/mol. The van der Waals surface area contributed by atoms with E-state index in [0.717, 1.165) is 70.3 Å². The van der Waals surface area contributed by atoms with Gasteiger partial charge in [0.1, 0.15) is 0 Å². The molecule has 1 aromatic carbocycles. The smallest absolute Gasteiger partial charge is 0.225 e. The van der Waals surface area contributed by atoms with Crippen molar-refractivity contribution in [2.24, 2.45) is 11.8 Å². The largest absolute Gasteiger partial charge is 0.352 e. The summed E-state index contributed by atoms with van der Waals surface area (Å²) in [7, 11) is 0. The van der Waals surface area contributed by atoms with Gasteiger partial charge in [-0.2, -0.15) is 0 Å². The fraction of sp³-hybridized carbons (Fsp3) is 0.680. The minimum Gasteiger partial charge on any atom is -0.352 e. The number of benzene rings is 1. The summed E-state index contributed by atoms with van der Waals surface area (Å²) < 4.78 is 0. The van der Waals surface area contributed by atoms with Gasteiger partial charge in [-0.3, -0.25) is 9.59 Å². The molecule has 5 heteroatoms. The number of amides is 2. The maximum atomic E-state index is 12.8. The Kier molecular flexibility index (Phi) is 7.42. The zero-order chi connectivity index (χ0) is 20.8. The Labute approximate surface area is 181 Å². The highest BCUT2D eigenvalue weighted by Gasteiger charge is 2.33. The Balaban J connectivity index is 1.17. The molecule has 0 bridgehead atoms. The van der Waals surface area contributed by atoms with E-state index in [1.54, 1.807) is 0 Å². The summed E-state index contributed by atoms with van der Waals surface area (Å²) in [5.41, 5.74) is 1.15. The molecule has 1 aromatic rings. The van der Waals surface area contributed by atoms with Crippen LogP contribution in [0.1, 0.15) is 63.4 Å². The molecule has 0 aromatic heterocycles. The van der Waals surface area contributed by atoms with Crippen molar-refractivity contribution in [1.29, 1.82) is 0 Å². The van der Waals surface area contributed by atoms with Crippen LogP contribution >= 0.6 is 0 Å². The Morgan fingerprint density at radius 3 is 2.13 bits per heavy atom. The molecule has 30 heavy (non-hydrogen) atoms. The summed E-state index contributed by atoms with van der Waals surface area (Å²) in [5.74, 6) is 1.05. The van der Waals surface area contributed by atoms with E-state index < -0.39 is 0 Å². The number of hydrogen-bond donors (Lipinski definition) is 1. The molecule has 1 N–H and O–H groups in total. The van der Waals surface area contributed by atoms with Crippen molar-refractivity contribution >= 4 is 11.8 Å². The van der Waals surface area contributed by atoms with Crippen LogP contribution in [0.5, 0.6) is 0 Å².